The molecule has 0 atom stereocenters. The van der Waals surface area contributed by atoms with E-state index in [-0.39, 0.29) is 33.4 Å². The molecule has 1 aliphatic heterocycles. The van der Waals surface area contributed by atoms with E-state index in [9.17, 15) is 14.4 Å². The molecule has 0 saturated heterocycles. The van der Waals surface area contributed by atoms with Crippen LogP contribution in [0.2, 0.25) is 0 Å². The molecule has 7 nitrogen and oxygen atoms in total. The summed E-state index contributed by atoms with van der Waals surface area (Å²) in [6.07, 6.45) is 3.64. The predicted molar refractivity (Wildman–Crippen MR) is 106 cm³/mol. The van der Waals surface area contributed by atoms with Gasteiger partial charge in [-0.1, -0.05) is 12.1 Å². The van der Waals surface area contributed by atoms with E-state index in [0.717, 1.165) is 0 Å². The zero-order chi connectivity index (χ0) is 20.9. The van der Waals surface area contributed by atoms with Crippen LogP contribution in [-0.2, 0) is 9.59 Å². The summed E-state index contributed by atoms with van der Waals surface area (Å²) in [7, 11) is 0. The third-order valence-electron chi connectivity index (χ3n) is 4.42. The van der Waals surface area contributed by atoms with Gasteiger partial charge >= 0.3 is 11.9 Å². The average Bonchev–Trinajstić information content (AvgIpc) is 2.61. The minimum Gasteiger partial charge on any atom is -0.479 e. The summed E-state index contributed by atoms with van der Waals surface area (Å²) < 4.78 is 22.5. The van der Waals surface area contributed by atoms with Gasteiger partial charge in [-0.2, -0.15) is 0 Å². The van der Waals surface area contributed by atoms with Gasteiger partial charge < -0.3 is 18.6 Å². The van der Waals surface area contributed by atoms with Crippen molar-refractivity contribution in [1.82, 2.24) is 0 Å². The lowest BCUT2D eigenvalue weighted by Crippen LogP contribution is -2.28. The monoisotopic (exact) mass is 394 g/mol. The Balaban J connectivity index is 2.12. The van der Waals surface area contributed by atoms with Crippen LogP contribution in [0, 0.1) is 0 Å². The van der Waals surface area contributed by atoms with Gasteiger partial charge in [-0.3, -0.25) is 14.4 Å². The normalized spacial score (nSPS) is 14.3. The minimum atomic E-state index is -0.630. The smallest absolute Gasteiger partial charge is 0.308 e. The second-order valence-electron chi connectivity index (χ2n) is 7.29. The van der Waals surface area contributed by atoms with Gasteiger partial charge in [-0.25, -0.2) is 0 Å². The Kier molecular flexibility index (Phi) is 4.19. The Morgan fingerprint density at radius 1 is 1.07 bits per heavy atom. The molecule has 0 saturated carbocycles. The molecule has 0 aliphatic carbocycles. The second kappa shape index (κ2) is 6.48. The van der Waals surface area contributed by atoms with Crippen LogP contribution in [0.4, 0.5) is 0 Å². The minimum absolute atomic E-state index is 0.0410. The van der Waals surface area contributed by atoms with E-state index in [2.05, 4.69) is 0 Å². The lowest BCUT2D eigenvalue weighted by Gasteiger charge is -2.29. The predicted octanol–water partition coefficient (Wildman–Crippen LogP) is 3.98. The van der Waals surface area contributed by atoms with Crippen molar-refractivity contribution in [2.75, 3.05) is 0 Å². The molecule has 3 aromatic rings. The molecule has 148 valence electrons. The van der Waals surface area contributed by atoms with E-state index in [0.29, 0.717) is 11.3 Å². The number of carbonyl (C=O) groups excluding carboxylic acids is 2. The summed E-state index contributed by atoms with van der Waals surface area (Å²) in [6.45, 7) is 6.22. The van der Waals surface area contributed by atoms with E-state index in [1.807, 2.05) is 19.9 Å². The van der Waals surface area contributed by atoms with Gasteiger partial charge in [0, 0.05) is 19.4 Å². The first kappa shape index (κ1) is 18.7. The molecular formula is C22H18O7. The van der Waals surface area contributed by atoms with E-state index in [1.165, 1.54) is 19.9 Å². The van der Waals surface area contributed by atoms with Crippen molar-refractivity contribution in [2.24, 2.45) is 0 Å². The van der Waals surface area contributed by atoms with Gasteiger partial charge in [-0.05, 0) is 38.1 Å². The summed E-state index contributed by atoms with van der Waals surface area (Å²) in [5.74, 6) is -0.669. The highest BCUT2D eigenvalue weighted by molar-refractivity contribution is 5.99. The van der Waals surface area contributed by atoms with Crippen LogP contribution in [0.5, 0.6) is 17.2 Å². The van der Waals surface area contributed by atoms with E-state index in [4.69, 9.17) is 18.6 Å². The fourth-order valence-corrected chi connectivity index (χ4v) is 3.27. The molecule has 0 N–H and O–H groups in total. The molecule has 0 unspecified atom stereocenters. The molecule has 1 aromatic heterocycles. The third kappa shape index (κ3) is 3.24. The SMILES string of the molecule is CC(=O)Oc1c2c(cc3c(=O)c4c(OC(C)=O)cccc4oc13)C=CC(C)(C)O2. The van der Waals surface area contributed by atoms with Crippen molar-refractivity contribution in [1.29, 1.82) is 0 Å². The zero-order valence-corrected chi connectivity index (χ0v) is 16.3. The fraction of sp³-hybridized carbons (Fsp3) is 0.227. The van der Waals surface area contributed by atoms with Crippen LogP contribution in [-0.4, -0.2) is 17.5 Å². The molecule has 0 radical (unpaired) electrons. The van der Waals surface area contributed by atoms with Crippen molar-refractivity contribution >= 4 is 40.0 Å². The highest BCUT2D eigenvalue weighted by Crippen LogP contribution is 2.44. The van der Waals surface area contributed by atoms with Crippen molar-refractivity contribution < 1.29 is 28.2 Å². The van der Waals surface area contributed by atoms with Crippen LogP contribution in [0.15, 0.2) is 39.6 Å². The standard InChI is InChI=1S/C22H18O7/c1-11(23)26-15-6-5-7-16-17(15)18(25)14-10-13-8-9-22(3,4)29-19(13)21(20(14)28-16)27-12(2)24/h5-10H,1-4H3. The van der Waals surface area contributed by atoms with E-state index >= 15 is 0 Å². The summed E-state index contributed by atoms with van der Waals surface area (Å²) in [6, 6.07) is 6.30. The first-order valence-corrected chi connectivity index (χ1v) is 8.98. The number of fused-ring (bicyclic) bond motifs is 3. The lowest BCUT2D eigenvalue weighted by molar-refractivity contribution is -0.132. The Morgan fingerprint density at radius 3 is 2.48 bits per heavy atom. The van der Waals surface area contributed by atoms with Gasteiger partial charge in [0.15, 0.2) is 11.3 Å². The molecule has 0 bridgehead atoms. The fourth-order valence-electron chi connectivity index (χ4n) is 3.27. The second-order valence-corrected chi connectivity index (χ2v) is 7.29. The molecule has 4 rings (SSSR count). The third-order valence-corrected chi connectivity index (χ3v) is 4.42. The lowest BCUT2D eigenvalue weighted by atomic mass is 9.99. The van der Waals surface area contributed by atoms with E-state index < -0.39 is 23.0 Å². The molecular weight excluding hydrogens is 376 g/mol. The maximum Gasteiger partial charge on any atom is 0.308 e. The molecule has 0 fully saturated rings. The number of esters is 2. The number of hydrogen-bond acceptors (Lipinski definition) is 7. The highest BCUT2D eigenvalue weighted by Gasteiger charge is 2.29. The zero-order valence-electron chi connectivity index (χ0n) is 16.3. The summed E-state index contributed by atoms with van der Waals surface area (Å²) in [4.78, 5) is 36.5. The molecule has 2 heterocycles. The number of benzene rings is 2. The van der Waals surface area contributed by atoms with Crippen molar-refractivity contribution in [3.05, 3.63) is 46.1 Å². The first-order chi connectivity index (χ1) is 13.7. The molecule has 0 spiro atoms. The summed E-state index contributed by atoms with van der Waals surface area (Å²) >= 11 is 0. The topological polar surface area (TPSA) is 92.0 Å². The Bertz CT molecular complexity index is 1280. The Morgan fingerprint density at radius 2 is 1.79 bits per heavy atom. The Hall–Kier alpha value is -3.61. The maximum atomic E-state index is 13.3. The highest BCUT2D eigenvalue weighted by atomic mass is 16.6. The van der Waals surface area contributed by atoms with E-state index in [1.54, 1.807) is 24.3 Å². The molecule has 29 heavy (non-hydrogen) atoms. The van der Waals surface area contributed by atoms with Gasteiger partial charge in [0.1, 0.15) is 22.3 Å². The molecule has 7 heteroatoms. The maximum absolute atomic E-state index is 13.3. The number of carbonyl (C=O) groups is 2. The van der Waals surface area contributed by atoms with Crippen LogP contribution >= 0.6 is 0 Å². The first-order valence-electron chi connectivity index (χ1n) is 8.98. The van der Waals surface area contributed by atoms with Crippen molar-refractivity contribution in [3.8, 4) is 17.2 Å². The number of hydrogen-bond donors (Lipinski definition) is 0. The van der Waals surface area contributed by atoms with Crippen LogP contribution < -0.4 is 19.6 Å². The quantitative estimate of drug-likeness (QED) is 0.369. The average molecular weight is 394 g/mol. The molecule has 0 amide bonds. The van der Waals surface area contributed by atoms with Gasteiger partial charge in [0.25, 0.3) is 0 Å². The van der Waals surface area contributed by atoms with Crippen molar-refractivity contribution in [2.45, 2.75) is 33.3 Å². The van der Waals surface area contributed by atoms with Crippen LogP contribution in [0.3, 0.4) is 0 Å². The Labute approximate surface area is 165 Å². The molecule has 1 aliphatic rings. The van der Waals surface area contributed by atoms with Gasteiger partial charge in [0.05, 0.1) is 5.39 Å². The van der Waals surface area contributed by atoms with Crippen LogP contribution in [0.25, 0.3) is 28.0 Å². The summed E-state index contributed by atoms with van der Waals surface area (Å²) in [5, 5.41) is 0.310. The van der Waals surface area contributed by atoms with Gasteiger partial charge in [-0.15, -0.1) is 0 Å². The number of rotatable bonds is 2. The number of ether oxygens (including phenoxy) is 3. The summed E-state index contributed by atoms with van der Waals surface area (Å²) in [5.41, 5.74) is -0.185. The van der Waals surface area contributed by atoms with Crippen LogP contribution in [0.1, 0.15) is 33.3 Å². The largest absolute Gasteiger partial charge is 0.479 e. The van der Waals surface area contributed by atoms with Gasteiger partial charge in [0.2, 0.25) is 11.2 Å². The molecule has 2 aromatic carbocycles. The van der Waals surface area contributed by atoms with Crippen molar-refractivity contribution in [3.63, 3.8) is 0 Å².